The lowest BCUT2D eigenvalue weighted by molar-refractivity contribution is 0.0922. The van der Waals surface area contributed by atoms with Crippen molar-refractivity contribution in [3.05, 3.63) is 51.9 Å². The summed E-state index contributed by atoms with van der Waals surface area (Å²) in [6.07, 6.45) is 8.03. The third-order valence-electron chi connectivity index (χ3n) is 4.77. The molecule has 0 spiro atoms. The van der Waals surface area contributed by atoms with Crippen LogP contribution >= 0.6 is 11.6 Å². The van der Waals surface area contributed by atoms with Crippen LogP contribution in [0.3, 0.4) is 0 Å². The number of amides is 1. The van der Waals surface area contributed by atoms with Crippen molar-refractivity contribution in [2.75, 3.05) is 7.11 Å². The largest absolute Gasteiger partial charge is 0.481 e. The standard InChI is InChI=1S/C20H24ClN3O2/c1-13-19(21)15(10-14-8-9-18(26-2)22-12-14)11-17(23-13)20(25)24-16-6-4-3-5-7-16/h8-9,11-12,16H,3-7,10H2,1-2H3,(H,24,25). The Labute approximate surface area is 159 Å². The minimum absolute atomic E-state index is 0.120. The van der Waals surface area contributed by atoms with Gasteiger partial charge in [-0.25, -0.2) is 9.97 Å². The Morgan fingerprint density at radius 2 is 2.08 bits per heavy atom. The monoisotopic (exact) mass is 373 g/mol. The number of methoxy groups -OCH3 is 1. The number of aromatic nitrogens is 2. The molecule has 2 heterocycles. The van der Waals surface area contributed by atoms with Crippen LogP contribution in [0.2, 0.25) is 5.02 Å². The molecule has 1 N–H and O–H groups in total. The summed E-state index contributed by atoms with van der Waals surface area (Å²) in [5.74, 6) is 0.448. The van der Waals surface area contributed by atoms with Gasteiger partial charge in [-0.15, -0.1) is 0 Å². The van der Waals surface area contributed by atoms with Gasteiger partial charge in [0.2, 0.25) is 5.88 Å². The maximum Gasteiger partial charge on any atom is 0.270 e. The van der Waals surface area contributed by atoms with Crippen molar-refractivity contribution in [3.63, 3.8) is 0 Å². The van der Waals surface area contributed by atoms with Crippen molar-refractivity contribution >= 4 is 17.5 Å². The van der Waals surface area contributed by atoms with E-state index in [4.69, 9.17) is 16.3 Å². The molecule has 0 aromatic carbocycles. The van der Waals surface area contributed by atoms with Gasteiger partial charge in [0.1, 0.15) is 5.69 Å². The third kappa shape index (κ3) is 4.52. The summed E-state index contributed by atoms with van der Waals surface area (Å²) >= 11 is 6.43. The molecule has 1 fully saturated rings. The molecule has 0 atom stereocenters. The molecule has 0 unspecified atom stereocenters. The van der Waals surface area contributed by atoms with Gasteiger partial charge in [-0.3, -0.25) is 4.79 Å². The maximum absolute atomic E-state index is 12.6. The maximum atomic E-state index is 12.6. The normalized spacial score (nSPS) is 14.9. The van der Waals surface area contributed by atoms with E-state index in [2.05, 4.69) is 15.3 Å². The molecular formula is C20H24ClN3O2. The molecular weight excluding hydrogens is 350 g/mol. The second-order valence-electron chi connectivity index (χ2n) is 6.76. The van der Waals surface area contributed by atoms with Crippen LogP contribution in [0, 0.1) is 6.92 Å². The van der Waals surface area contributed by atoms with Gasteiger partial charge in [0.25, 0.3) is 5.91 Å². The summed E-state index contributed by atoms with van der Waals surface area (Å²) in [7, 11) is 1.59. The second kappa shape index (κ2) is 8.49. The van der Waals surface area contributed by atoms with E-state index < -0.39 is 0 Å². The number of hydrogen-bond donors (Lipinski definition) is 1. The molecule has 5 nitrogen and oxygen atoms in total. The third-order valence-corrected chi connectivity index (χ3v) is 5.29. The van der Waals surface area contributed by atoms with Crippen molar-refractivity contribution in [2.45, 2.75) is 51.5 Å². The number of carbonyl (C=O) groups excluding carboxylic acids is 1. The highest BCUT2D eigenvalue weighted by atomic mass is 35.5. The molecule has 138 valence electrons. The smallest absolute Gasteiger partial charge is 0.270 e. The van der Waals surface area contributed by atoms with E-state index in [1.807, 2.05) is 19.1 Å². The van der Waals surface area contributed by atoms with Crippen LogP contribution in [0.5, 0.6) is 5.88 Å². The molecule has 3 rings (SSSR count). The summed E-state index contributed by atoms with van der Waals surface area (Å²) < 4.78 is 5.08. The van der Waals surface area contributed by atoms with Crippen LogP contribution in [0.25, 0.3) is 0 Å². The molecule has 0 aliphatic heterocycles. The van der Waals surface area contributed by atoms with Crippen LogP contribution in [0.4, 0.5) is 0 Å². The topological polar surface area (TPSA) is 64.1 Å². The Balaban J connectivity index is 1.78. The molecule has 1 aliphatic rings. The number of ether oxygens (including phenoxy) is 1. The number of carbonyl (C=O) groups is 1. The van der Waals surface area contributed by atoms with Gasteiger partial charge in [0.05, 0.1) is 17.8 Å². The first-order valence-electron chi connectivity index (χ1n) is 9.02. The molecule has 0 radical (unpaired) electrons. The Hall–Kier alpha value is -2.14. The van der Waals surface area contributed by atoms with Gasteiger partial charge in [0.15, 0.2) is 0 Å². The fraction of sp³-hybridized carbons (Fsp3) is 0.450. The average Bonchev–Trinajstić information content (AvgIpc) is 2.66. The van der Waals surface area contributed by atoms with E-state index in [0.29, 0.717) is 28.7 Å². The number of rotatable bonds is 5. The van der Waals surface area contributed by atoms with Crippen molar-refractivity contribution in [2.24, 2.45) is 0 Å². The molecule has 6 heteroatoms. The highest BCUT2D eigenvalue weighted by Crippen LogP contribution is 2.24. The predicted molar refractivity (Wildman–Crippen MR) is 102 cm³/mol. The summed E-state index contributed by atoms with van der Waals surface area (Å²) in [6, 6.07) is 5.80. The van der Waals surface area contributed by atoms with Gasteiger partial charge >= 0.3 is 0 Å². The lowest BCUT2D eigenvalue weighted by Crippen LogP contribution is -2.36. The first-order chi connectivity index (χ1) is 12.6. The summed E-state index contributed by atoms with van der Waals surface area (Å²) in [6.45, 7) is 1.83. The molecule has 0 saturated heterocycles. The van der Waals surface area contributed by atoms with E-state index in [1.165, 1.54) is 19.3 Å². The van der Waals surface area contributed by atoms with E-state index in [0.717, 1.165) is 24.0 Å². The summed E-state index contributed by atoms with van der Waals surface area (Å²) in [5, 5.41) is 3.71. The van der Waals surface area contributed by atoms with Crippen LogP contribution in [0.1, 0.15) is 59.4 Å². The quantitative estimate of drug-likeness (QED) is 0.856. The van der Waals surface area contributed by atoms with Crippen LogP contribution in [0.15, 0.2) is 24.4 Å². The number of pyridine rings is 2. The molecule has 2 aromatic rings. The zero-order valence-electron chi connectivity index (χ0n) is 15.2. The first kappa shape index (κ1) is 18.6. The number of aryl methyl sites for hydroxylation is 1. The van der Waals surface area contributed by atoms with Crippen LogP contribution < -0.4 is 10.1 Å². The van der Waals surface area contributed by atoms with Gasteiger partial charge in [0, 0.05) is 24.7 Å². The lowest BCUT2D eigenvalue weighted by atomic mass is 9.95. The predicted octanol–water partition coefficient (Wildman–Crippen LogP) is 4.10. The second-order valence-corrected chi connectivity index (χ2v) is 7.14. The highest BCUT2D eigenvalue weighted by molar-refractivity contribution is 6.32. The zero-order chi connectivity index (χ0) is 18.5. The van der Waals surface area contributed by atoms with Crippen molar-refractivity contribution in [1.82, 2.24) is 15.3 Å². The number of nitrogens with one attached hydrogen (secondary N) is 1. The Morgan fingerprint density at radius 1 is 1.31 bits per heavy atom. The lowest BCUT2D eigenvalue weighted by Gasteiger charge is -2.22. The number of halogens is 1. The van der Waals surface area contributed by atoms with Crippen molar-refractivity contribution in [3.8, 4) is 5.88 Å². The zero-order valence-corrected chi connectivity index (χ0v) is 16.0. The van der Waals surface area contributed by atoms with Crippen LogP contribution in [-0.2, 0) is 6.42 Å². The SMILES string of the molecule is COc1ccc(Cc2cc(C(=O)NC3CCCCC3)nc(C)c2Cl)cn1. The minimum Gasteiger partial charge on any atom is -0.481 e. The fourth-order valence-electron chi connectivity index (χ4n) is 3.33. The van der Waals surface area contributed by atoms with Gasteiger partial charge in [-0.2, -0.15) is 0 Å². The average molecular weight is 374 g/mol. The molecule has 1 amide bonds. The minimum atomic E-state index is -0.120. The number of nitrogens with zero attached hydrogens (tertiary/aromatic N) is 2. The molecule has 1 aliphatic carbocycles. The Morgan fingerprint density at radius 3 is 2.73 bits per heavy atom. The van der Waals surface area contributed by atoms with E-state index in [-0.39, 0.29) is 11.9 Å². The van der Waals surface area contributed by atoms with E-state index in [1.54, 1.807) is 19.4 Å². The van der Waals surface area contributed by atoms with Gasteiger partial charge in [-0.1, -0.05) is 36.9 Å². The fourth-order valence-corrected chi connectivity index (χ4v) is 3.49. The Bertz CT molecular complexity index is 771. The Kier molecular flexibility index (Phi) is 6.09. The van der Waals surface area contributed by atoms with E-state index >= 15 is 0 Å². The molecule has 0 bridgehead atoms. The highest BCUT2D eigenvalue weighted by Gasteiger charge is 2.19. The summed E-state index contributed by atoms with van der Waals surface area (Å²) in [5.41, 5.74) is 2.96. The van der Waals surface area contributed by atoms with Gasteiger partial charge < -0.3 is 10.1 Å². The first-order valence-corrected chi connectivity index (χ1v) is 9.40. The van der Waals surface area contributed by atoms with E-state index in [9.17, 15) is 4.79 Å². The van der Waals surface area contributed by atoms with Crippen molar-refractivity contribution in [1.29, 1.82) is 0 Å². The molecule has 26 heavy (non-hydrogen) atoms. The molecule has 1 saturated carbocycles. The summed E-state index contributed by atoms with van der Waals surface area (Å²) in [4.78, 5) is 21.2. The van der Waals surface area contributed by atoms with Crippen molar-refractivity contribution < 1.29 is 9.53 Å². The van der Waals surface area contributed by atoms with Crippen LogP contribution in [-0.4, -0.2) is 29.0 Å². The number of hydrogen-bond acceptors (Lipinski definition) is 4. The molecule has 2 aromatic heterocycles. The van der Waals surface area contributed by atoms with Gasteiger partial charge in [-0.05, 0) is 37.0 Å².